The standard InChI is InChI=1S/C6H5N2/c1-2-6-7-3-5-8(6)4-1/h1-2,5H,4H2. The predicted octanol–water partition coefficient (Wildman–Crippen LogP) is 0.710. The quantitative estimate of drug-likeness (QED) is 0.475. The molecule has 0 unspecified atom stereocenters. The third-order valence-electron chi connectivity index (χ3n) is 1.26. The van der Waals surface area contributed by atoms with Crippen LogP contribution in [0.5, 0.6) is 0 Å². The summed E-state index contributed by atoms with van der Waals surface area (Å²) in [6, 6.07) is 0. The zero-order valence-corrected chi connectivity index (χ0v) is 4.33. The van der Waals surface area contributed by atoms with Crippen molar-refractivity contribution in [1.29, 1.82) is 0 Å². The third kappa shape index (κ3) is 0.346. The van der Waals surface area contributed by atoms with Gasteiger partial charge in [0.05, 0.1) is 0 Å². The van der Waals surface area contributed by atoms with Crippen molar-refractivity contribution in [3.63, 3.8) is 0 Å². The van der Waals surface area contributed by atoms with Crippen LogP contribution in [0, 0.1) is 6.20 Å². The average molecular weight is 105 g/mol. The first-order valence-corrected chi connectivity index (χ1v) is 2.56. The van der Waals surface area contributed by atoms with E-state index in [1.807, 2.05) is 16.8 Å². The fourth-order valence-corrected chi connectivity index (χ4v) is 0.846. The summed E-state index contributed by atoms with van der Waals surface area (Å²) in [5.41, 5.74) is 0. The van der Waals surface area contributed by atoms with Gasteiger partial charge < -0.3 is 4.57 Å². The van der Waals surface area contributed by atoms with E-state index in [9.17, 15) is 0 Å². The molecule has 0 aromatic carbocycles. The molecule has 0 aliphatic carbocycles. The minimum absolute atomic E-state index is 0.964. The molecule has 1 aliphatic rings. The highest BCUT2D eigenvalue weighted by Crippen LogP contribution is 2.06. The summed E-state index contributed by atoms with van der Waals surface area (Å²) in [5.74, 6) is 1.02. The minimum atomic E-state index is 0.964. The first kappa shape index (κ1) is 3.89. The van der Waals surface area contributed by atoms with Crippen LogP contribution >= 0.6 is 0 Å². The highest BCUT2D eigenvalue weighted by atomic mass is 15.1. The molecule has 0 atom stereocenters. The number of nitrogens with zero attached hydrogens (tertiary/aromatic N) is 2. The molecule has 1 aromatic rings. The van der Waals surface area contributed by atoms with Gasteiger partial charge in [0.25, 0.3) is 0 Å². The van der Waals surface area contributed by atoms with E-state index in [4.69, 9.17) is 0 Å². The summed E-state index contributed by atoms with van der Waals surface area (Å²) in [6.07, 6.45) is 8.69. The van der Waals surface area contributed by atoms with Crippen molar-refractivity contribution in [3.8, 4) is 0 Å². The monoisotopic (exact) mass is 105 g/mol. The second-order valence-electron chi connectivity index (χ2n) is 1.78. The van der Waals surface area contributed by atoms with E-state index in [-0.39, 0.29) is 0 Å². The first-order valence-electron chi connectivity index (χ1n) is 2.56. The summed E-state index contributed by atoms with van der Waals surface area (Å²) < 4.78 is 2.04. The summed E-state index contributed by atoms with van der Waals surface area (Å²) in [5, 5.41) is 0. The summed E-state index contributed by atoms with van der Waals surface area (Å²) in [6.45, 7) is 0.964. The Hall–Kier alpha value is -1.05. The number of allylic oxidation sites excluding steroid dienone is 1. The molecule has 0 amide bonds. The van der Waals surface area contributed by atoms with Crippen LogP contribution < -0.4 is 0 Å². The molecular formula is C6H5N2. The average Bonchev–Trinajstić information content (AvgIpc) is 2.15. The van der Waals surface area contributed by atoms with Gasteiger partial charge in [-0.05, 0) is 6.08 Å². The van der Waals surface area contributed by atoms with Gasteiger partial charge in [0.15, 0.2) is 0 Å². The van der Waals surface area contributed by atoms with E-state index < -0.39 is 0 Å². The second kappa shape index (κ2) is 1.22. The van der Waals surface area contributed by atoms with Crippen LogP contribution in [0.15, 0.2) is 12.3 Å². The van der Waals surface area contributed by atoms with Gasteiger partial charge in [-0.2, -0.15) is 0 Å². The van der Waals surface area contributed by atoms with Crippen molar-refractivity contribution in [2.24, 2.45) is 0 Å². The maximum atomic E-state index is 3.95. The van der Waals surface area contributed by atoms with Gasteiger partial charge in [-0.25, -0.2) is 4.98 Å². The Balaban J connectivity index is 2.67. The lowest BCUT2D eigenvalue weighted by molar-refractivity contribution is 0.837. The lowest BCUT2D eigenvalue weighted by atomic mass is 10.5. The zero-order chi connectivity index (χ0) is 5.40. The molecule has 0 bridgehead atoms. The Labute approximate surface area is 47.5 Å². The van der Waals surface area contributed by atoms with Crippen molar-refractivity contribution in [2.45, 2.75) is 6.54 Å². The van der Waals surface area contributed by atoms with Crippen molar-refractivity contribution < 1.29 is 0 Å². The molecular weight excluding hydrogens is 100 g/mol. The number of hydrogen-bond acceptors (Lipinski definition) is 1. The van der Waals surface area contributed by atoms with E-state index in [2.05, 4.69) is 17.3 Å². The summed E-state index contributed by atoms with van der Waals surface area (Å²) in [4.78, 5) is 3.95. The van der Waals surface area contributed by atoms with E-state index >= 15 is 0 Å². The molecule has 1 aromatic heterocycles. The SMILES string of the molecule is [c]1cn2c(n1)C=CC2. The largest absolute Gasteiger partial charge is 0.327 e. The molecule has 0 spiro atoms. The van der Waals surface area contributed by atoms with Gasteiger partial charge in [0.1, 0.15) is 12.0 Å². The van der Waals surface area contributed by atoms with Crippen LogP contribution in [0.1, 0.15) is 5.82 Å². The van der Waals surface area contributed by atoms with Crippen molar-refractivity contribution in [2.75, 3.05) is 0 Å². The lowest BCUT2D eigenvalue weighted by Gasteiger charge is -1.88. The van der Waals surface area contributed by atoms with E-state index in [1.54, 1.807) is 0 Å². The van der Waals surface area contributed by atoms with Crippen LogP contribution in [0.3, 0.4) is 0 Å². The molecule has 2 heterocycles. The minimum Gasteiger partial charge on any atom is -0.327 e. The van der Waals surface area contributed by atoms with Gasteiger partial charge in [-0.1, -0.05) is 6.08 Å². The van der Waals surface area contributed by atoms with Crippen LogP contribution in [0.4, 0.5) is 0 Å². The fraction of sp³-hybridized carbons (Fsp3) is 0.167. The smallest absolute Gasteiger partial charge is 0.133 e. The molecule has 1 aliphatic heterocycles. The Morgan fingerprint density at radius 1 is 1.75 bits per heavy atom. The fourth-order valence-electron chi connectivity index (χ4n) is 0.846. The Bertz CT molecular complexity index is 222. The zero-order valence-electron chi connectivity index (χ0n) is 4.33. The molecule has 2 nitrogen and oxygen atoms in total. The second-order valence-corrected chi connectivity index (χ2v) is 1.78. The van der Waals surface area contributed by atoms with E-state index in [1.165, 1.54) is 0 Å². The van der Waals surface area contributed by atoms with Gasteiger partial charge >= 0.3 is 0 Å². The first-order chi connectivity index (χ1) is 3.97. The Morgan fingerprint density at radius 2 is 2.75 bits per heavy atom. The van der Waals surface area contributed by atoms with Crippen molar-refractivity contribution >= 4 is 6.08 Å². The lowest BCUT2D eigenvalue weighted by Crippen LogP contribution is -1.88. The normalized spacial score (nSPS) is 14.5. The predicted molar refractivity (Wildman–Crippen MR) is 30.1 cm³/mol. The summed E-state index contributed by atoms with van der Waals surface area (Å²) >= 11 is 0. The van der Waals surface area contributed by atoms with E-state index in [0.717, 1.165) is 12.4 Å². The number of hydrogen-bond donors (Lipinski definition) is 0. The van der Waals surface area contributed by atoms with Crippen LogP contribution in [-0.2, 0) is 6.54 Å². The molecule has 0 N–H and O–H groups in total. The number of imidazole rings is 1. The molecule has 0 saturated carbocycles. The number of fused-ring (bicyclic) bond motifs is 1. The topological polar surface area (TPSA) is 17.8 Å². The van der Waals surface area contributed by atoms with Crippen molar-refractivity contribution in [1.82, 2.24) is 9.55 Å². The maximum Gasteiger partial charge on any atom is 0.133 e. The molecule has 1 radical (unpaired) electrons. The maximum absolute atomic E-state index is 3.95. The molecule has 2 rings (SSSR count). The molecule has 2 heteroatoms. The van der Waals surface area contributed by atoms with Gasteiger partial charge in [-0.3, -0.25) is 0 Å². The Kier molecular flexibility index (Phi) is 0.592. The highest BCUT2D eigenvalue weighted by Gasteiger charge is 2.00. The summed E-state index contributed by atoms with van der Waals surface area (Å²) in [7, 11) is 0. The van der Waals surface area contributed by atoms with Crippen LogP contribution in [-0.4, -0.2) is 9.55 Å². The van der Waals surface area contributed by atoms with Crippen LogP contribution in [0.25, 0.3) is 6.08 Å². The van der Waals surface area contributed by atoms with Gasteiger partial charge in [0.2, 0.25) is 0 Å². The molecule has 0 fully saturated rings. The van der Waals surface area contributed by atoms with Crippen LogP contribution in [0.2, 0.25) is 0 Å². The molecule has 8 heavy (non-hydrogen) atoms. The molecule has 39 valence electrons. The Morgan fingerprint density at radius 3 is 3.62 bits per heavy atom. The van der Waals surface area contributed by atoms with E-state index in [0.29, 0.717) is 0 Å². The molecule has 0 saturated heterocycles. The number of aromatic nitrogens is 2. The third-order valence-corrected chi connectivity index (χ3v) is 1.26. The number of rotatable bonds is 0. The van der Waals surface area contributed by atoms with Gasteiger partial charge in [-0.15, -0.1) is 0 Å². The van der Waals surface area contributed by atoms with Crippen molar-refractivity contribution in [3.05, 3.63) is 24.3 Å². The van der Waals surface area contributed by atoms with Gasteiger partial charge in [0, 0.05) is 12.7 Å². The highest BCUT2D eigenvalue weighted by molar-refractivity contribution is 5.43.